The molecule has 2 rings (SSSR count). The topological polar surface area (TPSA) is 67.8 Å². The zero-order valence-electron chi connectivity index (χ0n) is 10.6. The minimum atomic E-state index is -0.00191. The number of nitrogens with two attached hydrogens (primary N) is 1. The van der Waals surface area contributed by atoms with Gasteiger partial charge >= 0.3 is 0 Å². The maximum atomic E-state index is 8.62. The van der Waals surface area contributed by atoms with Gasteiger partial charge in [-0.2, -0.15) is 0 Å². The van der Waals surface area contributed by atoms with Gasteiger partial charge in [0.15, 0.2) is 5.84 Å². The number of ether oxygens (including phenoxy) is 1. The summed E-state index contributed by atoms with van der Waals surface area (Å²) >= 11 is 9.56. The molecular weight excluding hydrogens is 344 g/mol. The van der Waals surface area contributed by atoms with E-state index >= 15 is 0 Å². The SMILES string of the molecule is Cc1cc(Oc2ccc(/C(N)=N/O)cc2Cl)ccc1Br. The van der Waals surface area contributed by atoms with Crippen molar-refractivity contribution in [2.24, 2.45) is 10.9 Å². The van der Waals surface area contributed by atoms with Crippen LogP contribution in [0.15, 0.2) is 46.0 Å². The van der Waals surface area contributed by atoms with Gasteiger partial charge in [0.2, 0.25) is 0 Å². The fraction of sp³-hybridized carbons (Fsp3) is 0.0714. The number of hydrogen-bond donors (Lipinski definition) is 2. The molecule has 0 atom stereocenters. The third kappa shape index (κ3) is 3.23. The molecule has 2 aromatic carbocycles. The smallest absolute Gasteiger partial charge is 0.170 e. The molecule has 3 N–H and O–H groups in total. The van der Waals surface area contributed by atoms with Crippen molar-refractivity contribution >= 4 is 33.4 Å². The van der Waals surface area contributed by atoms with Gasteiger partial charge in [0.25, 0.3) is 0 Å². The number of rotatable bonds is 3. The summed E-state index contributed by atoms with van der Waals surface area (Å²) in [6.45, 7) is 1.97. The molecule has 20 heavy (non-hydrogen) atoms. The Labute approximate surface area is 129 Å². The first-order valence-corrected chi connectivity index (χ1v) is 6.90. The number of benzene rings is 2. The number of oxime groups is 1. The third-order valence-corrected chi connectivity index (χ3v) is 3.88. The zero-order chi connectivity index (χ0) is 14.7. The summed E-state index contributed by atoms with van der Waals surface area (Å²) in [5, 5.41) is 11.9. The van der Waals surface area contributed by atoms with Crippen molar-refractivity contribution in [2.45, 2.75) is 6.92 Å². The van der Waals surface area contributed by atoms with Crippen LogP contribution in [-0.2, 0) is 0 Å². The Hall–Kier alpha value is -1.72. The van der Waals surface area contributed by atoms with Crippen molar-refractivity contribution in [2.75, 3.05) is 0 Å². The molecule has 2 aromatic rings. The van der Waals surface area contributed by atoms with Gasteiger partial charge in [0, 0.05) is 10.0 Å². The minimum Gasteiger partial charge on any atom is -0.456 e. The van der Waals surface area contributed by atoms with E-state index in [1.807, 2.05) is 25.1 Å². The van der Waals surface area contributed by atoms with Crippen molar-refractivity contribution in [3.8, 4) is 11.5 Å². The van der Waals surface area contributed by atoms with Crippen molar-refractivity contribution in [3.05, 3.63) is 57.0 Å². The highest BCUT2D eigenvalue weighted by Gasteiger charge is 2.08. The van der Waals surface area contributed by atoms with E-state index in [0.29, 0.717) is 22.1 Å². The fourth-order valence-corrected chi connectivity index (χ4v) is 2.07. The lowest BCUT2D eigenvalue weighted by Crippen LogP contribution is -2.12. The molecular formula is C14H12BrClN2O2. The molecule has 0 fully saturated rings. The van der Waals surface area contributed by atoms with Crippen LogP contribution in [0.5, 0.6) is 11.5 Å². The second-order valence-corrected chi connectivity index (χ2v) is 5.41. The second-order valence-electron chi connectivity index (χ2n) is 4.14. The van der Waals surface area contributed by atoms with E-state index in [9.17, 15) is 0 Å². The van der Waals surface area contributed by atoms with Crippen LogP contribution in [0.4, 0.5) is 0 Å². The first kappa shape index (κ1) is 14.7. The summed E-state index contributed by atoms with van der Waals surface area (Å²) in [5.74, 6) is 1.19. The second kappa shape index (κ2) is 6.15. The molecule has 6 heteroatoms. The standard InChI is InChI=1S/C14H12BrClN2O2/c1-8-6-10(3-4-11(8)15)20-13-5-2-9(7-12(13)16)14(17)18-19/h2-7,19H,1H3,(H2,17,18). The summed E-state index contributed by atoms with van der Waals surface area (Å²) in [6.07, 6.45) is 0. The van der Waals surface area contributed by atoms with Gasteiger partial charge in [-0.05, 0) is 48.9 Å². The lowest BCUT2D eigenvalue weighted by molar-refractivity contribution is 0.318. The number of nitrogens with zero attached hydrogens (tertiary/aromatic N) is 1. The van der Waals surface area contributed by atoms with Gasteiger partial charge < -0.3 is 15.7 Å². The Morgan fingerprint density at radius 1 is 1.30 bits per heavy atom. The average Bonchev–Trinajstić information content (AvgIpc) is 2.44. The molecule has 0 bridgehead atoms. The van der Waals surface area contributed by atoms with Crippen LogP contribution >= 0.6 is 27.5 Å². The number of hydrogen-bond acceptors (Lipinski definition) is 3. The van der Waals surface area contributed by atoms with Crippen LogP contribution in [0.1, 0.15) is 11.1 Å². The normalized spacial score (nSPS) is 11.4. The Morgan fingerprint density at radius 3 is 2.65 bits per heavy atom. The Balaban J connectivity index is 2.28. The molecule has 104 valence electrons. The molecule has 0 aliphatic carbocycles. The van der Waals surface area contributed by atoms with E-state index in [0.717, 1.165) is 10.0 Å². The monoisotopic (exact) mass is 354 g/mol. The molecule has 0 aliphatic heterocycles. The maximum Gasteiger partial charge on any atom is 0.170 e. The van der Waals surface area contributed by atoms with Crippen LogP contribution in [0, 0.1) is 6.92 Å². The zero-order valence-corrected chi connectivity index (χ0v) is 12.9. The summed E-state index contributed by atoms with van der Waals surface area (Å²) in [6, 6.07) is 10.6. The lowest BCUT2D eigenvalue weighted by atomic mass is 10.2. The van der Waals surface area contributed by atoms with Gasteiger partial charge in [-0.1, -0.05) is 32.7 Å². The van der Waals surface area contributed by atoms with E-state index in [1.165, 1.54) is 0 Å². The molecule has 0 radical (unpaired) electrons. The molecule has 0 heterocycles. The number of aryl methyl sites for hydroxylation is 1. The molecule has 0 saturated carbocycles. The van der Waals surface area contributed by atoms with Crippen molar-refractivity contribution < 1.29 is 9.94 Å². The molecule has 0 spiro atoms. The van der Waals surface area contributed by atoms with Crippen LogP contribution < -0.4 is 10.5 Å². The first-order valence-electron chi connectivity index (χ1n) is 5.72. The largest absolute Gasteiger partial charge is 0.456 e. The van der Waals surface area contributed by atoms with Crippen molar-refractivity contribution in [1.29, 1.82) is 0 Å². The van der Waals surface area contributed by atoms with Gasteiger partial charge in [-0.3, -0.25) is 0 Å². The van der Waals surface area contributed by atoms with E-state index in [1.54, 1.807) is 18.2 Å². The Kier molecular flexibility index (Phi) is 4.52. The summed E-state index contributed by atoms with van der Waals surface area (Å²) in [4.78, 5) is 0. The van der Waals surface area contributed by atoms with E-state index in [4.69, 9.17) is 27.3 Å². The first-order chi connectivity index (χ1) is 9.51. The van der Waals surface area contributed by atoms with Gasteiger partial charge in [0.1, 0.15) is 11.5 Å². The van der Waals surface area contributed by atoms with Crippen molar-refractivity contribution in [1.82, 2.24) is 0 Å². The predicted octanol–water partition coefficient (Wildman–Crippen LogP) is 4.30. The average molecular weight is 356 g/mol. The number of amidine groups is 1. The fourth-order valence-electron chi connectivity index (χ4n) is 1.61. The highest BCUT2D eigenvalue weighted by Crippen LogP contribution is 2.31. The minimum absolute atomic E-state index is 0.00191. The third-order valence-electron chi connectivity index (χ3n) is 2.69. The van der Waals surface area contributed by atoms with Gasteiger partial charge in [-0.15, -0.1) is 0 Å². The van der Waals surface area contributed by atoms with Crippen LogP contribution in [0.25, 0.3) is 0 Å². The molecule has 0 aliphatic rings. The Bertz CT molecular complexity index is 674. The van der Waals surface area contributed by atoms with Crippen LogP contribution in [-0.4, -0.2) is 11.0 Å². The molecule has 0 amide bonds. The molecule has 0 aromatic heterocycles. The quantitative estimate of drug-likeness (QED) is 0.373. The molecule has 0 unspecified atom stereocenters. The van der Waals surface area contributed by atoms with Crippen molar-refractivity contribution in [3.63, 3.8) is 0 Å². The van der Waals surface area contributed by atoms with Crippen LogP contribution in [0.3, 0.4) is 0 Å². The van der Waals surface area contributed by atoms with E-state index < -0.39 is 0 Å². The summed E-state index contributed by atoms with van der Waals surface area (Å²) in [5.41, 5.74) is 7.08. The molecule has 0 saturated heterocycles. The molecule has 4 nitrogen and oxygen atoms in total. The highest BCUT2D eigenvalue weighted by molar-refractivity contribution is 9.10. The van der Waals surface area contributed by atoms with Gasteiger partial charge in [0.05, 0.1) is 5.02 Å². The maximum absolute atomic E-state index is 8.62. The lowest BCUT2D eigenvalue weighted by Gasteiger charge is -2.10. The highest BCUT2D eigenvalue weighted by atomic mass is 79.9. The summed E-state index contributed by atoms with van der Waals surface area (Å²) in [7, 11) is 0. The van der Waals surface area contributed by atoms with Gasteiger partial charge in [-0.25, -0.2) is 0 Å². The Morgan fingerprint density at radius 2 is 2.05 bits per heavy atom. The van der Waals surface area contributed by atoms with Crippen LogP contribution in [0.2, 0.25) is 5.02 Å². The van der Waals surface area contributed by atoms with E-state index in [2.05, 4.69) is 21.1 Å². The summed E-state index contributed by atoms with van der Waals surface area (Å²) < 4.78 is 6.73. The predicted molar refractivity (Wildman–Crippen MR) is 82.9 cm³/mol. The van der Waals surface area contributed by atoms with E-state index in [-0.39, 0.29) is 5.84 Å². The number of halogens is 2.